The first-order chi connectivity index (χ1) is 19.5. The van der Waals surface area contributed by atoms with Gasteiger partial charge in [-0.1, -0.05) is 110 Å². The minimum Gasteiger partial charge on any atom is -0.0879 e. The highest BCUT2D eigenvalue weighted by atomic mass is 14.3. The van der Waals surface area contributed by atoms with Gasteiger partial charge in [0.05, 0.1) is 0 Å². The van der Waals surface area contributed by atoms with Gasteiger partial charge in [0.25, 0.3) is 0 Å². The van der Waals surface area contributed by atoms with Crippen molar-refractivity contribution in [2.24, 2.45) is 59.2 Å². The van der Waals surface area contributed by atoms with Crippen molar-refractivity contribution < 1.29 is 0 Å². The Hall–Kier alpha value is -2.08. The molecule has 0 aromatic heterocycles. The van der Waals surface area contributed by atoms with Gasteiger partial charge in [-0.15, -0.1) is 0 Å². The topological polar surface area (TPSA) is 0 Å². The van der Waals surface area contributed by atoms with Gasteiger partial charge < -0.3 is 0 Å². The maximum atomic E-state index is 2.41. The monoisotopic (exact) mass is 536 g/mol. The number of fused-ring (bicyclic) bond motifs is 4. The van der Waals surface area contributed by atoms with E-state index in [0.29, 0.717) is 0 Å². The van der Waals surface area contributed by atoms with Gasteiger partial charge in [-0.3, -0.25) is 0 Å². The van der Waals surface area contributed by atoms with Gasteiger partial charge in [0.1, 0.15) is 0 Å². The third-order valence-electron chi connectivity index (χ3n) is 11.2. The predicted octanol–water partition coefficient (Wildman–Crippen LogP) is 11.4. The lowest BCUT2D eigenvalue weighted by atomic mass is 9.79. The fraction of sp³-hybridized carbons (Fsp3) is 0.600. The summed E-state index contributed by atoms with van der Waals surface area (Å²) in [6, 6.07) is 0. The van der Waals surface area contributed by atoms with Gasteiger partial charge in [-0.25, -0.2) is 0 Å². The SMILES string of the molecule is CC1=CCC2C=CCC2C1.CC1=CCC2CC=CC2C1.CC1C=CCC2C=CCC12.CC1C=CCC2CC=CC12. The lowest BCUT2D eigenvalue weighted by molar-refractivity contribution is 0.330. The molecule has 0 spiro atoms. The van der Waals surface area contributed by atoms with Crippen LogP contribution in [-0.2, 0) is 0 Å². The van der Waals surface area contributed by atoms with Crippen LogP contribution in [0.1, 0.15) is 91.9 Å². The number of rotatable bonds is 0. The van der Waals surface area contributed by atoms with Crippen molar-refractivity contribution in [2.45, 2.75) is 91.9 Å². The van der Waals surface area contributed by atoms with E-state index in [1.54, 1.807) is 11.1 Å². The number of hydrogen-bond acceptors (Lipinski definition) is 0. The minimum absolute atomic E-state index is 0.789. The number of hydrogen-bond donors (Lipinski definition) is 0. The van der Waals surface area contributed by atoms with Crippen molar-refractivity contribution in [3.63, 3.8) is 0 Å². The van der Waals surface area contributed by atoms with E-state index >= 15 is 0 Å². The molecule has 8 aliphatic carbocycles. The first-order valence-electron chi connectivity index (χ1n) is 16.8. The molecule has 0 saturated heterocycles. The van der Waals surface area contributed by atoms with Crippen molar-refractivity contribution in [1.29, 1.82) is 0 Å². The van der Waals surface area contributed by atoms with Gasteiger partial charge in [0.15, 0.2) is 0 Å². The van der Waals surface area contributed by atoms with Crippen LogP contribution in [0.15, 0.2) is 96.2 Å². The van der Waals surface area contributed by atoms with Crippen LogP contribution in [0.2, 0.25) is 0 Å². The van der Waals surface area contributed by atoms with E-state index in [4.69, 9.17) is 0 Å². The molecule has 10 atom stereocenters. The summed E-state index contributed by atoms with van der Waals surface area (Å²) in [4.78, 5) is 0. The van der Waals surface area contributed by atoms with E-state index in [2.05, 4.69) is 113 Å². The summed E-state index contributed by atoms with van der Waals surface area (Å²) in [6.45, 7) is 9.17. The maximum absolute atomic E-state index is 2.41. The Bertz CT molecular complexity index is 1070. The molecular weight excluding hydrogens is 480 g/mol. The van der Waals surface area contributed by atoms with Crippen LogP contribution in [0.4, 0.5) is 0 Å². The Kier molecular flexibility index (Phi) is 10.4. The van der Waals surface area contributed by atoms with E-state index < -0.39 is 0 Å². The maximum Gasteiger partial charge on any atom is -0.0139 e. The zero-order chi connectivity index (χ0) is 27.9. The van der Waals surface area contributed by atoms with Crippen LogP contribution >= 0.6 is 0 Å². The molecule has 0 radical (unpaired) electrons. The fourth-order valence-electron chi connectivity index (χ4n) is 8.53. The van der Waals surface area contributed by atoms with Crippen molar-refractivity contribution in [3.05, 3.63) is 96.2 Å². The highest BCUT2D eigenvalue weighted by Gasteiger charge is 2.29. The molecule has 0 saturated carbocycles. The number of allylic oxidation sites excluding steroid dienone is 16. The molecule has 0 aliphatic heterocycles. The lowest BCUT2D eigenvalue weighted by Gasteiger charge is -2.26. The van der Waals surface area contributed by atoms with Crippen LogP contribution in [-0.4, -0.2) is 0 Å². The van der Waals surface area contributed by atoms with Crippen LogP contribution in [0, 0.1) is 59.2 Å². The highest BCUT2D eigenvalue weighted by Crippen LogP contribution is 2.40. The summed E-state index contributed by atoms with van der Waals surface area (Å²) >= 11 is 0. The van der Waals surface area contributed by atoms with Crippen LogP contribution < -0.4 is 0 Å². The average Bonchev–Trinajstić information content (AvgIpc) is 3.76. The Morgan fingerprint density at radius 3 is 1.82 bits per heavy atom. The van der Waals surface area contributed by atoms with E-state index in [1.165, 1.54) is 64.2 Å². The molecule has 0 nitrogen and oxygen atoms in total. The van der Waals surface area contributed by atoms with E-state index in [0.717, 1.165) is 59.2 Å². The average molecular weight is 537 g/mol. The van der Waals surface area contributed by atoms with Crippen molar-refractivity contribution in [3.8, 4) is 0 Å². The second kappa shape index (κ2) is 14.2. The fourth-order valence-corrected chi connectivity index (χ4v) is 8.53. The summed E-state index contributed by atoms with van der Waals surface area (Å²) in [5.41, 5.74) is 3.19. The molecule has 0 heteroatoms. The summed E-state index contributed by atoms with van der Waals surface area (Å²) < 4.78 is 0. The van der Waals surface area contributed by atoms with Crippen molar-refractivity contribution >= 4 is 0 Å². The Labute approximate surface area is 246 Å². The van der Waals surface area contributed by atoms with Gasteiger partial charge >= 0.3 is 0 Å². The normalized spacial score (nSPS) is 40.7. The van der Waals surface area contributed by atoms with Gasteiger partial charge in [-0.05, 0) is 137 Å². The smallest absolute Gasteiger partial charge is 0.0139 e. The van der Waals surface area contributed by atoms with E-state index in [-0.39, 0.29) is 0 Å². The summed E-state index contributed by atoms with van der Waals surface area (Å²) in [5, 5.41) is 0. The summed E-state index contributed by atoms with van der Waals surface area (Å²) in [5.74, 6) is 8.93. The molecule has 0 heterocycles. The summed E-state index contributed by atoms with van der Waals surface area (Å²) in [6.07, 6.45) is 46.4. The standard InChI is InChI=1S/4C10H14/c2*1-8-4-2-5-9-6-3-7-10(8)9;2*1-8-5-6-9-3-2-4-10(9)7-8/h2-4,7-10H,5-6H2,1H3;2-4,6,8-10H,5,7H2,1H3;2,4-5,9-10H,3,6-7H2,1H3;2-3,5,9-10H,4,6-7H2,1H3. The lowest BCUT2D eigenvalue weighted by Crippen LogP contribution is -2.18. The van der Waals surface area contributed by atoms with Crippen LogP contribution in [0.25, 0.3) is 0 Å². The molecule has 8 aliphatic rings. The largest absolute Gasteiger partial charge is 0.0879 e. The quantitative estimate of drug-likeness (QED) is 0.270. The molecule has 0 aromatic carbocycles. The molecule has 10 unspecified atom stereocenters. The Morgan fingerprint density at radius 1 is 0.450 bits per heavy atom. The zero-order valence-corrected chi connectivity index (χ0v) is 25.9. The van der Waals surface area contributed by atoms with Crippen LogP contribution in [0.5, 0.6) is 0 Å². The molecule has 0 bridgehead atoms. The molecule has 8 rings (SSSR count). The van der Waals surface area contributed by atoms with E-state index in [9.17, 15) is 0 Å². The van der Waals surface area contributed by atoms with Crippen molar-refractivity contribution in [2.75, 3.05) is 0 Å². The molecule has 40 heavy (non-hydrogen) atoms. The minimum atomic E-state index is 0.789. The third kappa shape index (κ3) is 7.60. The second-order valence-electron chi connectivity index (χ2n) is 14.2. The zero-order valence-electron chi connectivity index (χ0n) is 25.9. The highest BCUT2D eigenvalue weighted by molar-refractivity contribution is 5.16. The molecule has 0 aromatic rings. The first kappa shape index (κ1) is 29.4. The van der Waals surface area contributed by atoms with E-state index in [1.807, 2.05) is 0 Å². The van der Waals surface area contributed by atoms with Gasteiger partial charge in [0.2, 0.25) is 0 Å². The van der Waals surface area contributed by atoms with Crippen molar-refractivity contribution in [1.82, 2.24) is 0 Å². The Morgan fingerprint density at radius 2 is 1.02 bits per heavy atom. The molecule has 0 fully saturated rings. The molecule has 0 amide bonds. The first-order valence-corrected chi connectivity index (χ1v) is 16.8. The third-order valence-corrected chi connectivity index (χ3v) is 11.2. The molecule has 216 valence electrons. The Balaban J connectivity index is 0.000000108. The van der Waals surface area contributed by atoms with Gasteiger partial charge in [0, 0.05) is 0 Å². The molecule has 0 N–H and O–H groups in total. The van der Waals surface area contributed by atoms with Crippen LogP contribution in [0.3, 0.4) is 0 Å². The second-order valence-corrected chi connectivity index (χ2v) is 14.2. The molecular formula is C40H56. The van der Waals surface area contributed by atoms with Gasteiger partial charge in [-0.2, -0.15) is 0 Å². The summed E-state index contributed by atoms with van der Waals surface area (Å²) in [7, 11) is 0. The predicted molar refractivity (Wildman–Crippen MR) is 175 cm³/mol.